The highest BCUT2D eigenvalue weighted by molar-refractivity contribution is 7.98. The molecule has 0 bridgehead atoms. The first kappa shape index (κ1) is 19.9. The molecule has 27 heavy (non-hydrogen) atoms. The molecule has 3 amide bonds. The van der Waals surface area contributed by atoms with Gasteiger partial charge in [0.05, 0.1) is 11.8 Å². The van der Waals surface area contributed by atoms with Crippen LogP contribution < -0.4 is 5.32 Å². The maximum Gasteiger partial charge on any atom is 0.243 e. The molecule has 146 valence electrons. The van der Waals surface area contributed by atoms with Crippen molar-refractivity contribution in [3.05, 3.63) is 35.4 Å². The van der Waals surface area contributed by atoms with E-state index in [-0.39, 0.29) is 29.6 Å². The Morgan fingerprint density at radius 1 is 1.15 bits per heavy atom. The molecule has 1 heterocycles. The zero-order valence-corrected chi connectivity index (χ0v) is 16.9. The van der Waals surface area contributed by atoms with Gasteiger partial charge in [0.25, 0.3) is 0 Å². The average Bonchev–Trinajstić information content (AvgIpc) is 2.93. The van der Waals surface area contributed by atoms with Crippen LogP contribution >= 0.6 is 11.8 Å². The second kappa shape index (κ2) is 8.91. The zero-order valence-electron chi connectivity index (χ0n) is 16.1. The van der Waals surface area contributed by atoms with Crippen LogP contribution in [0.15, 0.2) is 24.3 Å². The number of rotatable bonds is 7. The Bertz CT molecular complexity index is 680. The highest BCUT2D eigenvalue weighted by atomic mass is 32.2. The second-order valence-electron chi connectivity index (χ2n) is 7.54. The third-order valence-corrected chi connectivity index (χ3v) is 6.32. The monoisotopic (exact) mass is 388 g/mol. The molecule has 3 rings (SSSR count). The van der Waals surface area contributed by atoms with E-state index in [2.05, 4.69) is 5.32 Å². The molecular formula is C21H28N2O3S. The summed E-state index contributed by atoms with van der Waals surface area (Å²) >= 11 is 1.62. The minimum Gasteiger partial charge on any atom is -0.350 e. The minimum absolute atomic E-state index is 0.138. The number of fused-ring (bicyclic) bond motifs is 1. The smallest absolute Gasteiger partial charge is 0.243 e. The molecule has 5 nitrogen and oxygen atoms in total. The van der Waals surface area contributed by atoms with Gasteiger partial charge in [0.1, 0.15) is 6.04 Å². The fraction of sp³-hybridized carbons (Fsp3) is 0.571. The van der Waals surface area contributed by atoms with E-state index < -0.39 is 6.04 Å². The van der Waals surface area contributed by atoms with E-state index in [1.807, 2.05) is 37.4 Å². The third-order valence-electron chi connectivity index (χ3n) is 5.67. The van der Waals surface area contributed by atoms with Gasteiger partial charge in [0, 0.05) is 6.54 Å². The van der Waals surface area contributed by atoms with Gasteiger partial charge in [-0.05, 0) is 43.8 Å². The highest BCUT2D eigenvalue weighted by Crippen LogP contribution is 2.39. The third kappa shape index (κ3) is 4.37. The van der Waals surface area contributed by atoms with Gasteiger partial charge in [0.2, 0.25) is 17.7 Å². The number of amides is 3. The highest BCUT2D eigenvalue weighted by Gasteiger charge is 2.51. The van der Waals surface area contributed by atoms with Gasteiger partial charge in [-0.15, -0.1) is 0 Å². The molecule has 0 unspecified atom stereocenters. The topological polar surface area (TPSA) is 66.5 Å². The molecule has 2 aliphatic rings. The van der Waals surface area contributed by atoms with E-state index in [0.29, 0.717) is 13.0 Å². The summed E-state index contributed by atoms with van der Waals surface area (Å²) in [4.78, 5) is 40.0. The van der Waals surface area contributed by atoms with Crippen LogP contribution in [0.3, 0.4) is 0 Å². The maximum absolute atomic E-state index is 12.9. The number of hydrogen-bond acceptors (Lipinski definition) is 4. The fourth-order valence-electron chi connectivity index (χ4n) is 4.11. The van der Waals surface area contributed by atoms with Crippen molar-refractivity contribution >= 4 is 29.5 Å². The van der Waals surface area contributed by atoms with Gasteiger partial charge in [0.15, 0.2) is 0 Å². The average molecular weight is 389 g/mol. The maximum atomic E-state index is 12.9. The number of benzene rings is 1. The van der Waals surface area contributed by atoms with Gasteiger partial charge < -0.3 is 5.32 Å². The van der Waals surface area contributed by atoms with Crippen LogP contribution in [-0.2, 0) is 20.9 Å². The SMILES string of the molecule is CSCC[C@@H](C(=O)NCc1ccc(C)cc1)N1C(=O)[C@H]2CCCC[C@H]2C1=O. The van der Waals surface area contributed by atoms with Gasteiger partial charge in [-0.2, -0.15) is 11.8 Å². The number of thioether (sulfide) groups is 1. The lowest BCUT2D eigenvalue weighted by molar-refractivity contribution is -0.148. The second-order valence-corrected chi connectivity index (χ2v) is 8.53. The number of nitrogens with zero attached hydrogens (tertiary/aromatic N) is 1. The quantitative estimate of drug-likeness (QED) is 0.730. The number of nitrogens with one attached hydrogen (secondary N) is 1. The fourth-order valence-corrected chi connectivity index (χ4v) is 4.57. The number of imide groups is 1. The van der Waals surface area contributed by atoms with E-state index in [1.54, 1.807) is 11.8 Å². The van der Waals surface area contributed by atoms with Crippen LogP contribution in [0.4, 0.5) is 0 Å². The number of likely N-dealkylation sites (tertiary alicyclic amines) is 1. The predicted molar refractivity (Wildman–Crippen MR) is 107 cm³/mol. The number of hydrogen-bond donors (Lipinski definition) is 1. The van der Waals surface area contributed by atoms with E-state index >= 15 is 0 Å². The van der Waals surface area contributed by atoms with Crippen molar-refractivity contribution in [3.63, 3.8) is 0 Å². The molecule has 0 radical (unpaired) electrons. The number of carbonyl (C=O) groups is 3. The summed E-state index contributed by atoms with van der Waals surface area (Å²) < 4.78 is 0. The summed E-state index contributed by atoms with van der Waals surface area (Å²) in [6.07, 6.45) is 5.98. The zero-order chi connectivity index (χ0) is 19.4. The molecule has 1 aromatic rings. The minimum atomic E-state index is -0.700. The summed E-state index contributed by atoms with van der Waals surface area (Å²) in [5.74, 6) is -0.205. The van der Waals surface area contributed by atoms with Crippen molar-refractivity contribution in [2.45, 2.75) is 51.6 Å². The lowest BCUT2D eigenvalue weighted by atomic mass is 9.81. The van der Waals surface area contributed by atoms with Gasteiger partial charge in [-0.25, -0.2) is 0 Å². The predicted octanol–water partition coefficient (Wildman–Crippen LogP) is 2.91. The Labute approximate surface area is 165 Å². The first-order valence-electron chi connectivity index (χ1n) is 9.72. The summed E-state index contributed by atoms with van der Waals surface area (Å²) in [6.45, 7) is 2.42. The van der Waals surface area contributed by atoms with Crippen LogP contribution in [-0.4, -0.2) is 40.7 Å². The molecule has 3 atom stereocenters. The molecule has 1 saturated carbocycles. The van der Waals surface area contributed by atoms with E-state index in [1.165, 1.54) is 10.5 Å². The number of carbonyl (C=O) groups excluding carboxylic acids is 3. The molecule has 1 N–H and O–H groups in total. The molecule has 2 fully saturated rings. The molecule has 1 aliphatic heterocycles. The van der Waals surface area contributed by atoms with Gasteiger partial charge in [-0.1, -0.05) is 42.7 Å². The normalized spacial score (nSPS) is 23.3. The standard InChI is InChI=1S/C21H28N2O3S/c1-14-7-9-15(10-8-14)13-22-19(24)18(11-12-27-2)23-20(25)16-5-3-4-6-17(16)21(23)26/h7-10,16-18H,3-6,11-13H2,1-2H3,(H,22,24)/t16-,17+,18-/m0/s1. The van der Waals surface area contributed by atoms with E-state index in [4.69, 9.17) is 0 Å². The summed E-state index contributed by atoms with van der Waals surface area (Å²) in [5, 5.41) is 2.93. The van der Waals surface area contributed by atoms with Crippen LogP contribution in [0.1, 0.15) is 43.2 Å². The van der Waals surface area contributed by atoms with Crippen molar-refractivity contribution < 1.29 is 14.4 Å². The largest absolute Gasteiger partial charge is 0.350 e. The molecule has 1 aliphatic carbocycles. The van der Waals surface area contributed by atoms with E-state index in [9.17, 15) is 14.4 Å². The van der Waals surface area contributed by atoms with Crippen molar-refractivity contribution in [3.8, 4) is 0 Å². The number of aryl methyl sites for hydroxylation is 1. The van der Waals surface area contributed by atoms with Crippen molar-refractivity contribution in [2.24, 2.45) is 11.8 Å². The van der Waals surface area contributed by atoms with Crippen LogP contribution in [0.25, 0.3) is 0 Å². The summed E-state index contributed by atoms with van der Waals surface area (Å²) in [6, 6.07) is 7.27. The Morgan fingerprint density at radius 2 is 1.74 bits per heavy atom. The van der Waals surface area contributed by atoms with E-state index in [0.717, 1.165) is 37.0 Å². The molecular weight excluding hydrogens is 360 g/mol. The Hall–Kier alpha value is -1.82. The molecule has 1 saturated heterocycles. The van der Waals surface area contributed by atoms with Crippen LogP contribution in [0, 0.1) is 18.8 Å². The Balaban J connectivity index is 1.72. The molecule has 6 heteroatoms. The molecule has 1 aromatic carbocycles. The molecule has 0 aromatic heterocycles. The van der Waals surface area contributed by atoms with Gasteiger partial charge >= 0.3 is 0 Å². The van der Waals surface area contributed by atoms with Crippen LogP contribution in [0.2, 0.25) is 0 Å². The Kier molecular flexibility index (Phi) is 6.58. The van der Waals surface area contributed by atoms with Crippen molar-refractivity contribution in [1.29, 1.82) is 0 Å². The Morgan fingerprint density at radius 3 is 2.30 bits per heavy atom. The lowest BCUT2D eigenvalue weighted by Gasteiger charge is -2.26. The first-order valence-corrected chi connectivity index (χ1v) is 11.1. The van der Waals surface area contributed by atoms with Crippen LogP contribution in [0.5, 0.6) is 0 Å². The van der Waals surface area contributed by atoms with Crippen molar-refractivity contribution in [2.75, 3.05) is 12.0 Å². The van der Waals surface area contributed by atoms with Gasteiger partial charge in [-0.3, -0.25) is 19.3 Å². The van der Waals surface area contributed by atoms with Crippen molar-refractivity contribution in [1.82, 2.24) is 10.2 Å². The lowest BCUT2D eigenvalue weighted by Crippen LogP contribution is -2.50. The summed E-state index contributed by atoms with van der Waals surface area (Å²) in [7, 11) is 0. The first-order chi connectivity index (χ1) is 13.0. The summed E-state index contributed by atoms with van der Waals surface area (Å²) in [5.41, 5.74) is 2.17. The molecule has 0 spiro atoms.